The van der Waals surface area contributed by atoms with E-state index < -0.39 is 11.9 Å². The van der Waals surface area contributed by atoms with E-state index in [1.807, 2.05) is 0 Å². The van der Waals surface area contributed by atoms with Gasteiger partial charge in [0.25, 0.3) is 5.92 Å². The van der Waals surface area contributed by atoms with Crippen LogP contribution in [0.25, 0.3) is 0 Å². The van der Waals surface area contributed by atoms with Gasteiger partial charge in [0, 0.05) is 11.6 Å². The standard InChI is InChI=1S/C10H8F2O2/c11-10(12,7-6-9(13)14)8-4-2-1-3-5-8/h1-7H,(H,13,14). The fourth-order valence-corrected chi connectivity index (χ4v) is 0.933. The lowest BCUT2D eigenvalue weighted by atomic mass is 10.1. The summed E-state index contributed by atoms with van der Waals surface area (Å²) in [6.07, 6.45) is 0.803. The minimum absolute atomic E-state index is 0.225. The Morgan fingerprint density at radius 2 is 1.86 bits per heavy atom. The van der Waals surface area contributed by atoms with Crippen LogP contribution >= 0.6 is 0 Å². The van der Waals surface area contributed by atoms with Gasteiger partial charge >= 0.3 is 5.97 Å². The third kappa shape index (κ3) is 2.65. The maximum absolute atomic E-state index is 13.2. The molecule has 0 spiro atoms. The Morgan fingerprint density at radius 3 is 2.36 bits per heavy atom. The highest BCUT2D eigenvalue weighted by molar-refractivity contribution is 5.79. The molecular weight excluding hydrogens is 190 g/mol. The number of allylic oxidation sites excluding steroid dienone is 1. The SMILES string of the molecule is O=C(O)C=CC(F)(F)c1ccccc1. The Labute approximate surface area is 79.5 Å². The normalized spacial score (nSPS) is 11.9. The van der Waals surface area contributed by atoms with E-state index in [1.54, 1.807) is 6.07 Å². The molecule has 0 aliphatic carbocycles. The van der Waals surface area contributed by atoms with E-state index in [2.05, 4.69) is 0 Å². The topological polar surface area (TPSA) is 37.3 Å². The maximum atomic E-state index is 13.2. The molecule has 74 valence electrons. The second-order valence-electron chi connectivity index (χ2n) is 2.66. The summed E-state index contributed by atoms with van der Waals surface area (Å²) in [4.78, 5) is 10.1. The minimum Gasteiger partial charge on any atom is -0.478 e. The third-order valence-corrected chi connectivity index (χ3v) is 1.59. The number of carboxylic acids is 1. The molecule has 0 aromatic heterocycles. The van der Waals surface area contributed by atoms with Crippen molar-refractivity contribution in [2.24, 2.45) is 0 Å². The molecule has 0 atom stereocenters. The highest BCUT2D eigenvalue weighted by Crippen LogP contribution is 2.28. The summed E-state index contributed by atoms with van der Waals surface area (Å²) in [5.74, 6) is -4.62. The highest BCUT2D eigenvalue weighted by atomic mass is 19.3. The van der Waals surface area contributed by atoms with Gasteiger partial charge in [0.2, 0.25) is 0 Å². The van der Waals surface area contributed by atoms with Crippen molar-refractivity contribution in [1.82, 2.24) is 0 Å². The Hall–Kier alpha value is -1.71. The second kappa shape index (κ2) is 4.00. The van der Waals surface area contributed by atoms with Crippen molar-refractivity contribution in [1.29, 1.82) is 0 Å². The van der Waals surface area contributed by atoms with Crippen molar-refractivity contribution in [3.05, 3.63) is 48.0 Å². The molecule has 0 heterocycles. The second-order valence-corrected chi connectivity index (χ2v) is 2.66. The van der Waals surface area contributed by atoms with E-state index in [9.17, 15) is 13.6 Å². The molecule has 1 rings (SSSR count). The number of rotatable bonds is 3. The van der Waals surface area contributed by atoms with E-state index in [4.69, 9.17) is 5.11 Å². The van der Waals surface area contributed by atoms with Gasteiger partial charge in [-0.1, -0.05) is 30.3 Å². The number of carbonyl (C=O) groups is 1. The third-order valence-electron chi connectivity index (χ3n) is 1.59. The lowest BCUT2D eigenvalue weighted by Gasteiger charge is -2.10. The smallest absolute Gasteiger partial charge is 0.328 e. The molecule has 1 N–H and O–H groups in total. The molecule has 0 unspecified atom stereocenters. The fourth-order valence-electron chi connectivity index (χ4n) is 0.933. The number of alkyl halides is 2. The van der Waals surface area contributed by atoms with Crippen LogP contribution in [0.2, 0.25) is 0 Å². The summed E-state index contributed by atoms with van der Waals surface area (Å²) in [5.41, 5.74) is -0.225. The van der Waals surface area contributed by atoms with Gasteiger partial charge in [-0.2, -0.15) is 8.78 Å². The molecule has 0 saturated carbocycles. The molecule has 0 saturated heterocycles. The molecule has 0 amide bonds. The maximum Gasteiger partial charge on any atom is 0.328 e. The van der Waals surface area contributed by atoms with Gasteiger partial charge in [0.05, 0.1) is 0 Å². The minimum atomic E-state index is -3.24. The van der Waals surface area contributed by atoms with Gasteiger partial charge < -0.3 is 5.11 Å². The van der Waals surface area contributed by atoms with Gasteiger partial charge in [-0.3, -0.25) is 0 Å². The van der Waals surface area contributed by atoms with Crippen LogP contribution < -0.4 is 0 Å². The number of benzene rings is 1. The summed E-state index contributed by atoms with van der Waals surface area (Å²) in [5, 5.41) is 8.20. The lowest BCUT2D eigenvalue weighted by molar-refractivity contribution is -0.131. The van der Waals surface area contributed by atoms with Crippen LogP contribution in [0.5, 0.6) is 0 Å². The van der Waals surface area contributed by atoms with Crippen molar-refractivity contribution < 1.29 is 18.7 Å². The van der Waals surface area contributed by atoms with Crippen molar-refractivity contribution in [2.45, 2.75) is 5.92 Å². The van der Waals surface area contributed by atoms with E-state index in [0.717, 1.165) is 0 Å². The first-order valence-electron chi connectivity index (χ1n) is 3.88. The van der Waals surface area contributed by atoms with Crippen LogP contribution in [0, 0.1) is 0 Å². The summed E-state index contributed by atoms with van der Waals surface area (Å²) in [6, 6.07) is 7.04. The molecule has 2 nitrogen and oxygen atoms in total. The predicted octanol–water partition coefficient (Wildman–Crippen LogP) is 2.42. The monoisotopic (exact) mass is 198 g/mol. The Kier molecular flexibility index (Phi) is 2.96. The van der Waals surface area contributed by atoms with E-state index in [0.29, 0.717) is 12.2 Å². The van der Waals surface area contributed by atoms with Crippen LogP contribution in [0.4, 0.5) is 8.78 Å². The van der Waals surface area contributed by atoms with Crippen LogP contribution in [-0.2, 0) is 10.7 Å². The molecule has 14 heavy (non-hydrogen) atoms. The quantitative estimate of drug-likeness (QED) is 0.757. The lowest BCUT2D eigenvalue weighted by Crippen LogP contribution is -2.09. The van der Waals surface area contributed by atoms with Crippen molar-refractivity contribution >= 4 is 5.97 Å². The number of carboxylic acid groups (broad SMARTS) is 1. The molecule has 4 heteroatoms. The fraction of sp³-hybridized carbons (Fsp3) is 0.100. The van der Waals surface area contributed by atoms with Gasteiger partial charge in [-0.25, -0.2) is 4.79 Å². The summed E-state index contributed by atoms with van der Waals surface area (Å²) in [6.45, 7) is 0. The zero-order valence-electron chi connectivity index (χ0n) is 7.15. The number of halogens is 2. The molecule has 0 radical (unpaired) electrons. The van der Waals surface area contributed by atoms with Gasteiger partial charge in [-0.15, -0.1) is 0 Å². The van der Waals surface area contributed by atoms with Crippen LogP contribution in [0.3, 0.4) is 0 Å². The van der Waals surface area contributed by atoms with Gasteiger partial charge in [-0.05, 0) is 6.08 Å². The molecular formula is C10H8F2O2. The van der Waals surface area contributed by atoms with Crippen molar-refractivity contribution in [3.8, 4) is 0 Å². The summed E-state index contributed by atoms with van der Waals surface area (Å²) < 4.78 is 26.3. The molecule has 1 aromatic rings. The van der Waals surface area contributed by atoms with Crippen LogP contribution in [-0.4, -0.2) is 11.1 Å². The molecule has 0 fully saturated rings. The van der Waals surface area contributed by atoms with Crippen LogP contribution in [0.1, 0.15) is 5.56 Å². The van der Waals surface area contributed by atoms with E-state index in [1.165, 1.54) is 24.3 Å². The largest absolute Gasteiger partial charge is 0.478 e. The first-order valence-corrected chi connectivity index (χ1v) is 3.88. The average Bonchev–Trinajstić information content (AvgIpc) is 2.16. The molecule has 1 aromatic carbocycles. The Morgan fingerprint density at radius 1 is 1.29 bits per heavy atom. The first-order chi connectivity index (χ1) is 6.52. The average molecular weight is 198 g/mol. The van der Waals surface area contributed by atoms with Crippen LogP contribution in [0.15, 0.2) is 42.5 Å². The highest BCUT2D eigenvalue weighted by Gasteiger charge is 2.27. The zero-order valence-corrected chi connectivity index (χ0v) is 7.15. The number of hydrogen-bond acceptors (Lipinski definition) is 1. The predicted molar refractivity (Wildman–Crippen MR) is 47.1 cm³/mol. The molecule has 0 bridgehead atoms. The van der Waals surface area contributed by atoms with Crippen molar-refractivity contribution in [3.63, 3.8) is 0 Å². The van der Waals surface area contributed by atoms with E-state index >= 15 is 0 Å². The molecule has 0 aliphatic rings. The van der Waals surface area contributed by atoms with Gasteiger partial charge in [0.1, 0.15) is 0 Å². The number of hydrogen-bond donors (Lipinski definition) is 1. The van der Waals surface area contributed by atoms with Crippen molar-refractivity contribution in [2.75, 3.05) is 0 Å². The first kappa shape index (κ1) is 10.4. The molecule has 0 aliphatic heterocycles. The van der Waals surface area contributed by atoms with E-state index in [-0.39, 0.29) is 5.56 Å². The summed E-state index contributed by atoms with van der Waals surface area (Å²) in [7, 11) is 0. The number of aliphatic carboxylic acids is 1. The Bertz CT molecular complexity index is 344. The summed E-state index contributed by atoms with van der Waals surface area (Å²) >= 11 is 0. The Balaban J connectivity index is 2.91. The zero-order chi connectivity index (χ0) is 10.6. The van der Waals surface area contributed by atoms with Gasteiger partial charge in [0.15, 0.2) is 0 Å².